The SMILES string of the molecule is O=C(NCCCN1CCCCC1)c1cccc(OCc2cn3ccccc3n2)c1. The van der Waals surface area contributed by atoms with Gasteiger partial charge in [0.05, 0.1) is 5.69 Å². The van der Waals surface area contributed by atoms with Crippen LogP contribution < -0.4 is 10.1 Å². The van der Waals surface area contributed by atoms with Crippen molar-refractivity contribution in [2.24, 2.45) is 0 Å². The number of likely N-dealkylation sites (tertiary alicyclic amines) is 1. The molecule has 1 amide bonds. The first kappa shape index (κ1) is 19.5. The monoisotopic (exact) mass is 392 g/mol. The second-order valence-electron chi connectivity index (χ2n) is 7.53. The first-order chi connectivity index (χ1) is 14.3. The summed E-state index contributed by atoms with van der Waals surface area (Å²) in [6.07, 6.45) is 8.84. The van der Waals surface area contributed by atoms with E-state index >= 15 is 0 Å². The highest BCUT2D eigenvalue weighted by atomic mass is 16.5. The Morgan fingerprint density at radius 2 is 2.00 bits per heavy atom. The maximum Gasteiger partial charge on any atom is 0.251 e. The molecule has 0 aliphatic carbocycles. The molecule has 0 atom stereocenters. The summed E-state index contributed by atoms with van der Waals surface area (Å²) in [7, 11) is 0. The van der Waals surface area contributed by atoms with E-state index in [0.29, 0.717) is 24.5 Å². The summed E-state index contributed by atoms with van der Waals surface area (Å²) in [5, 5.41) is 3.02. The molecule has 6 heteroatoms. The Kier molecular flexibility index (Phi) is 6.42. The maximum atomic E-state index is 12.4. The first-order valence-corrected chi connectivity index (χ1v) is 10.4. The van der Waals surface area contributed by atoms with Crippen molar-refractivity contribution in [3.63, 3.8) is 0 Å². The first-order valence-electron chi connectivity index (χ1n) is 10.4. The summed E-state index contributed by atoms with van der Waals surface area (Å²) in [5.41, 5.74) is 2.36. The van der Waals surface area contributed by atoms with Crippen LogP contribution in [0.3, 0.4) is 0 Å². The van der Waals surface area contributed by atoms with Crippen molar-refractivity contribution >= 4 is 11.6 Å². The molecule has 3 heterocycles. The van der Waals surface area contributed by atoms with Gasteiger partial charge in [0.25, 0.3) is 5.91 Å². The number of pyridine rings is 1. The number of carbonyl (C=O) groups excluding carboxylic acids is 1. The van der Waals surface area contributed by atoms with Crippen molar-refractivity contribution in [2.75, 3.05) is 26.2 Å². The molecule has 2 aromatic heterocycles. The quantitative estimate of drug-likeness (QED) is 0.596. The van der Waals surface area contributed by atoms with Gasteiger partial charge in [0.1, 0.15) is 18.0 Å². The van der Waals surface area contributed by atoms with Crippen molar-refractivity contribution in [2.45, 2.75) is 32.3 Å². The maximum absolute atomic E-state index is 12.4. The molecule has 1 fully saturated rings. The summed E-state index contributed by atoms with van der Waals surface area (Å²) in [5.74, 6) is 0.616. The van der Waals surface area contributed by atoms with Gasteiger partial charge in [0.15, 0.2) is 0 Å². The van der Waals surface area contributed by atoms with E-state index in [-0.39, 0.29) is 5.91 Å². The number of fused-ring (bicyclic) bond motifs is 1. The number of hydrogen-bond acceptors (Lipinski definition) is 4. The molecule has 1 N–H and O–H groups in total. The van der Waals surface area contributed by atoms with Gasteiger partial charge < -0.3 is 19.4 Å². The zero-order valence-electron chi connectivity index (χ0n) is 16.7. The van der Waals surface area contributed by atoms with Gasteiger partial charge in [-0.15, -0.1) is 0 Å². The van der Waals surface area contributed by atoms with Crippen molar-refractivity contribution in [1.82, 2.24) is 19.6 Å². The van der Waals surface area contributed by atoms with E-state index in [1.807, 2.05) is 53.2 Å². The predicted molar refractivity (Wildman–Crippen MR) is 113 cm³/mol. The molecule has 0 bridgehead atoms. The van der Waals surface area contributed by atoms with Gasteiger partial charge in [-0.25, -0.2) is 4.98 Å². The third-order valence-corrected chi connectivity index (χ3v) is 5.28. The number of nitrogens with zero attached hydrogens (tertiary/aromatic N) is 3. The largest absolute Gasteiger partial charge is 0.487 e. The van der Waals surface area contributed by atoms with Gasteiger partial charge >= 0.3 is 0 Å². The Morgan fingerprint density at radius 3 is 2.86 bits per heavy atom. The van der Waals surface area contributed by atoms with E-state index in [0.717, 1.165) is 24.3 Å². The summed E-state index contributed by atoms with van der Waals surface area (Å²) < 4.78 is 7.82. The Morgan fingerprint density at radius 1 is 1.10 bits per heavy atom. The van der Waals surface area contributed by atoms with Crippen LogP contribution in [0.5, 0.6) is 5.75 Å². The van der Waals surface area contributed by atoms with Gasteiger partial charge in [0.2, 0.25) is 0 Å². The number of benzene rings is 1. The molecule has 0 unspecified atom stereocenters. The van der Waals surface area contributed by atoms with Crippen LogP contribution in [0, 0.1) is 0 Å². The molecule has 0 saturated carbocycles. The molecule has 1 aliphatic heterocycles. The van der Waals surface area contributed by atoms with E-state index in [1.165, 1.54) is 32.4 Å². The average molecular weight is 393 g/mol. The standard InChI is InChI=1S/C23H28N4O2/c28-23(24-11-7-14-26-12-3-1-4-13-26)19-8-6-9-21(16-19)29-18-20-17-27-15-5-2-10-22(27)25-20/h2,5-6,8-10,15-17H,1,3-4,7,11-14,18H2,(H,24,28). The van der Waals surface area contributed by atoms with Crippen LogP contribution in [0.1, 0.15) is 41.7 Å². The van der Waals surface area contributed by atoms with Gasteiger partial charge in [-0.2, -0.15) is 0 Å². The molecule has 6 nitrogen and oxygen atoms in total. The van der Waals surface area contributed by atoms with E-state index in [4.69, 9.17) is 4.74 Å². The Labute approximate surface area is 171 Å². The second kappa shape index (κ2) is 9.56. The summed E-state index contributed by atoms with van der Waals surface area (Å²) in [6, 6.07) is 13.2. The minimum Gasteiger partial charge on any atom is -0.487 e. The molecule has 0 spiro atoms. The van der Waals surface area contributed by atoms with Crippen molar-refractivity contribution in [3.8, 4) is 5.75 Å². The summed E-state index contributed by atoms with van der Waals surface area (Å²) in [6.45, 7) is 4.51. The fourth-order valence-corrected chi connectivity index (χ4v) is 3.73. The van der Waals surface area contributed by atoms with Crippen LogP contribution in [0.25, 0.3) is 5.65 Å². The summed E-state index contributed by atoms with van der Waals surface area (Å²) >= 11 is 0. The number of hydrogen-bond donors (Lipinski definition) is 1. The highest BCUT2D eigenvalue weighted by Gasteiger charge is 2.10. The molecule has 1 saturated heterocycles. The lowest BCUT2D eigenvalue weighted by molar-refractivity contribution is 0.0950. The second-order valence-corrected chi connectivity index (χ2v) is 7.53. The minimum absolute atomic E-state index is 0.0539. The third kappa shape index (κ3) is 5.35. The molecule has 3 aromatic rings. The van der Waals surface area contributed by atoms with Crippen LogP contribution >= 0.6 is 0 Å². The zero-order valence-corrected chi connectivity index (χ0v) is 16.7. The number of carbonyl (C=O) groups is 1. The van der Waals surface area contributed by atoms with E-state index in [1.54, 1.807) is 6.07 Å². The zero-order chi connectivity index (χ0) is 19.9. The van der Waals surface area contributed by atoms with Crippen LogP contribution in [0.2, 0.25) is 0 Å². The summed E-state index contributed by atoms with van der Waals surface area (Å²) in [4.78, 5) is 19.5. The van der Waals surface area contributed by atoms with Crippen LogP contribution in [0.4, 0.5) is 0 Å². The number of aromatic nitrogens is 2. The molecule has 0 radical (unpaired) electrons. The Bertz CT molecular complexity index is 914. The normalized spacial score (nSPS) is 14.8. The Balaban J connectivity index is 1.25. The number of ether oxygens (including phenoxy) is 1. The van der Waals surface area contributed by atoms with Crippen LogP contribution in [-0.4, -0.2) is 46.4 Å². The highest BCUT2D eigenvalue weighted by molar-refractivity contribution is 5.94. The van der Waals surface area contributed by atoms with Crippen molar-refractivity contribution in [3.05, 3.63) is 66.1 Å². The molecule has 1 aliphatic rings. The van der Waals surface area contributed by atoms with Crippen LogP contribution in [0.15, 0.2) is 54.9 Å². The molecular formula is C23H28N4O2. The van der Waals surface area contributed by atoms with Gasteiger partial charge in [-0.05, 0) is 69.2 Å². The lowest BCUT2D eigenvalue weighted by Gasteiger charge is -2.26. The number of rotatable bonds is 8. The smallest absolute Gasteiger partial charge is 0.251 e. The fourth-order valence-electron chi connectivity index (χ4n) is 3.73. The average Bonchev–Trinajstić information content (AvgIpc) is 3.19. The van der Waals surface area contributed by atoms with E-state index in [9.17, 15) is 4.79 Å². The van der Waals surface area contributed by atoms with E-state index < -0.39 is 0 Å². The minimum atomic E-state index is -0.0539. The third-order valence-electron chi connectivity index (χ3n) is 5.28. The molecule has 29 heavy (non-hydrogen) atoms. The molecule has 4 rings (SSSR count). The number of amides is 1. The van der Waals surface area contributed by atoms with E-state index in [2.05, 4.69) is 15.2 Å². The van der Waals surface area contributed by atoms with Gasteiger partial charge in [-0.1, -0.05) is 18.6 Å². The van der Waals surface area contributed by atoms with Gasteiger partial charge in [-0.3, -0.25) is 4.79 Å². The Hall–Kier alpha value is -2.86. The van der Waals surface area contributed by atoms with Gasteiger partial charge in [0, 0.05) is 24.5 Å². The van der Waals surface area contributed by atoms with Crippen molar-refractivity contribution < 1.29 is 9.53 Å². The lowest BCUT2D eigenvalue weighted by Crippen LogP contribution is -2.33. The molecular weight excluding hydrogens is 364 g/mol. The lowest BCUT2D eigenvalue weighted by atomic mass is 10.1. The topological polar surface area (TPSA) is 58.9 Å². The number of nitrogens with one attached hydrogen (secondary N) is 1. The molecule has 152 valence electrons. The predicted octanol–water partition coefficient (Wildman–Crippen LogP) is 3.52. The number of piperidine rings is 1. The van der Waals surface area contributed by atoms with Crippen LogP contribution in [-0.2, 0) is 6.61 Å². The fraction of sp³-hybridized carbons (Fsp3) is 0.391. The highest BCUT2D eigenvalue weighted by Crippen LogP contribution is 2.16. The number of imidazole rings is 1. The van der Waals surface area contributed by atoms with Crippen molar-refractivity contribution in [1.29, 1.82) is 0 Å². The molecule has 1 aromatic carbocycles.